The maximum absolute atomic E-state index is 6.04. The summed E-state index contributed by atoms with van der Waals surface area (Å²) < 4.78 is 5.30. The molecule has 118 valence electrons. The lowest BCUT2D eigenvalue weighted by molar-refractivity contribution is 0.245. The Morgan fingerprint density at radius 3 is 2.52 bits per heavy atom. The van der Waals surface area contributed by atoms with Crippen LogP contribution in [0.5, 0.6) is 5.75 Å². The van der Waals surface area contributed by atoms with E-state index in [4.69, 9.17) is 10.5 Å². The van der Waals surface area contributed by atoms with Crippen molar-refractivity contribution in [2.75, 3.05) is 44.7 Å². The highest BCUT2D eigenvalue weighted by Crippen LogP contribution is 2.22. The number of nitrogens with zero attached hydrogens (tertiary/aromatic N) is 2. The minimum Gasteiger partial charge on any atom is -0.497 e. The van der Waals surface area contributed by atoms with E-state index in [-0.39, 0.29) is 5.54 Å². The van der Waals surface area contributed by atoms with E-state index in [0.29, 0.717) is 0 Å². The Labute approximate surface area is 128 Å². The second-order valence-electron chi connectivity index (χ2n) is 6.62. The number of nitrogens with two attached hydrogens (primary N) is 1. The monoisotopic (exact) mass is 291 g/mol. The van der Waals surface area contributed by atoms with Gasteiger partial charge in [-0.25, -0.2) is 0 Å². The second kappa shape index (κ2) is 7.14. The van der Waals surface area contributed by atoms with Crippen molar-refractivity contribution in [1.29, 1.82) is 0 Å². The summed E-state index contributed by atoms with van der Waals surface area (Å²) in [4.78, 5) is 4.98. The number of benzene rings is 1. The van der Waals surface area contributed by atoms with Crippen molar-refractivity contribution in [3.8, 4) is 5.75 Å². The molecule has 1 aliphatic heterocycles. The zero-order valence-corrected chi connectivity index (χ0v) is 13.6. The Morgan fingerprint density at radius 2 is 1.90 bits per heavy atom. The van der Waals surface area contributed by atoms with Gasteiger partial charge in [0.1, 0.15) is 5.75 Å². The topological polar surface area (TPSA) is 41.7 Å². The summed E-state index contributed by atoms with van der Waals surface area (Å²) in [7, 11) is 1.72. The summed E-state index contributed by atoms with van der Waals surface area (Å²) in [6, 6.07) is 8.33. The minimum absolute atomic E-state index is 0.0393. The fourth-order valence-corrected chi connectivity index (χ4v) is 2.80. The standard InChI is InChI=1S/C17H29N3O/c1-17(2,18)8-5-9-19-10-12-20(13-11-19)15-6-4-7-16(14-15)21-3/h4,6-7,14H,5,8-13,18H2,1-3H3. The highest BCUT2D eigenvalue weighted by atomic mass is 16.5. The fourth-order valence-electron chi connectivity index (χ4n) is 2.80. The first-order valence-corrected chi connectivity index (χ1v) is 7.88. The van der Waals surface area contributed by atoms with Crippen LogP contribution in [0, 0.1) is 0 Å². The molecule has 0 atom stereocenters. The molecule has 2 rings (SSSR count). The third-order valence-electron chi connectivity index (χ3n) is 4.09. The third kappa shape index (κ3) is 5.21. The third-order valence-corrected chi connectivity index (χ3v) is 4.09. The quantitative estimate of drug-likeness (QED) is 0.873. The molecule has 0 saturated carbocycles. The van der Waals surface area contributed by atoms with Gasteiger partial charge in [-0.15, -0.1) is 0 Å². The molecule has 0 unspecified atom stereocenters. The molecule has 1 aromatic carbocycles. The zero-order chi connectivity index (χ0) is 15.3. The molecular formula is C17H29N3O. The highest BCUT2D eigenvalue weighted by Gasteiger charge is 2.18. The lowest BCUT2D eigenvalue weighted by atomic mass is 10.00. The van der Waals surface area contributed by atoms with Crippen LogP contribution < -0.4 is 15.4 Å². The lowest BCUT2D eigenvalue weighted by Gasteiger charge is -2.36. The van der Waals surface area contributed by atoms with Crippen LogP contribution in [0.15, 0.2) is 24.3 Å². The SMILES string of the molecule is COc1cccc(N2CCN(CCCC(C)(C)N)CC2)c1. The van der Waals surface area contributed by atoms with Crippen molar-refractivity contribution in [3.63, 3.8) is 0 Å². The van der Waals surface area contributed by atoms with Gasteiger partial charge in [0, 0.05) is 43.5 Å². The zero-order valence-electron chi connectivity index (χ0n) is 13.6. The van der Waals surface area contributed by atoms with Gasteiger partial charge < -0.3 is 15.4 Å². The van der Waals surface area contributed by atoms with Gasteiger partial charge in [0.2, 0.25) is 0 Å². The van der Waals surface area contributed by atoms with Gasteiger partial charge in [0.15, 0.2) is 0 Å². The Kier molecular flexibility index (Phi) is 5.48. The summed E-state index contributed by atoms with van der Waals surface area (Å²) in [5.41, 5.74) is 7.26. The van der Waals surface area contributed by atoms with E-state index in [1.165, 1.54) is 12.1 Å². The fraction of sp³-hybridized carbons (Fsp3) is 0.647. The van der Waals surface area contributed by atoms with E-state index in [2.05, 4.69) is 41.8 Å². The van der Waals surface area contributed by atoms with Crippen molar-refractivity contribution < 1.29 is 4.74 Å². The van der Waals surface area contributed by atoms with Gasteiger partial charge in [-0.3, -0.25) is 4.90 Å². The molecule has 0 radical (unpaired) electrons. The molecule has 1 fully saturated rings. The normalized spacial score (nSPS) is 17.0. The first-order valence-electron chi connectivity index (χ1n) is 7.88. The second-order valence-corrected chi connectivity index (χ2v) is 6.62. The van der Waals surface area contributed by atoms with Crippen LogP contribution in [0.25, 0.3) is 0 Å². The molecule has 4 nitrogen and oxygen atoms in total. The van der Waals surface area contributed by atoms with Crippen molar-refractivity contribution in [3.05, 3.63) is 24.3 Å². The summed E-state index contributed by atoms with van der Waals surface area (Å²) in [6.45, 7) is 9.79. The van der Waals surface area contributed by atoms with Crippen LogP contribution in [0.2, 0.25) is 0 Å². The number of anilines is 1. The first kappa shape index (κ1) is 16.1. The molecule has 2 N–H and O–H groups in total. The predicted molar refractivity (Wildman–Crippen MR) is 89.1 cm³/mol. The molecule has 0 amide bonds. The minimum atomic E-state index is -0.0393. The lowest BCUT2D eigenvalue weighted by Crippen LogP contribution is -2.47. The van der Waals surface area contributed by atoms with Crippen molar-refractivity contribution >= 4 is 5.69 Å². The van der Waals surface area contributed by atoms with Crippen LogP contribution in [0.4, 0.5) is 5.69 Å². The van der Waals surface area contributed by atoms with E-state index in [0.717, 1.165) is 44.9 Å². The van der Waals surface area contributed by atoms with Gasteiger partial charge in [-0.1, -0.05) is 6.07 Å². The molecule has 1 heterocycles. The molecule has 1 saturated heterocycles. The number of rotatable bonds is 6. The van der Waals surface area contributed by atoms with Gasteiger partial charge >= 0.3 is 0 Å². The average molecular weight is 291 g/mol. The van der Waals surface area contributed by atoms with Crippen LogP contribution in [0.3, 0.4) is 0 Å². The molecule has 0 bridgehead atoms. The Morgan fingerprint density at radius 1 is 1.19 bits per heavy atom. The predicted octanol–water partition coefficient (Wildman–Crippen LogP) is 2.33. The molecule has 1 aliphatic rings. The maximum atomic E-state index is 6.04. The summed E-state index contributed by atoms with van der Waals surface area (Å²) >= 11 is 0. The maximum Gasteiger partial charge on any atom is 0.120 e. The number of hydrogen-bond acceptors (Lipinski definition) is 4. The van der Waals surface area contributed by atoms with E-state index < -0.39 is 0 Å². The van der Waals surface area contributed by atoms with Crippen molar-refractivity contribution in [1.82, 2.24) is 4.90 Å². The number of methoxy groups -OCH3 is 1. The van der Waals surface area contributed by atoms with Crippen LogP contribution in [-0.4, -0.2) is 50.3 Å². The first-order chi connectivity index (χ1) is 9.98. The average Bonchev–Trinajstić information content (AvgIpc) is 2.47. The highest BCUT2D eigenvalue weighted by molar-refractivity contribution is 5.51. The van der Waals surface area contributed by atoms with E-state index >= 15 is 0 Å². The number of piperazine rings is 1. The Bertz CT molecular complexity index is 434. The Hall–Kier alpha value is -1.26. The summed E-state index contributed by atoms with van der Waals surface area (Å²) in [5.74, 6) is 0.931. The van der Waals surface area contributed by atoms with E-state index in [9.17, 15) is 0 Å². The van der Waals surface area contributed by atoms with E-state index in [1.807, 2.05) is 6.07 Å². The molecule has 21 heavy (non-hydrogen) atoms. The number of ether oxygens (including phenoxy) is 1. The number of hydrogen-bond donors (Lipinski definition) is 1. The van der Waals surface area contributed by atoms with Crippen molar-refractivity contribution in [2.45, 2.75) is 32.2 Å². The Balaban J connectivity index is 1.77. The van der Waals surface area contributed by atoms with Crippen LogP contribution >= 0.6 is 0 Å². The largest absolute Gasteiger partial charge is 0.497 e. The van der Waals surface area contributed by atoms with Crippen molar-refractivity contribution in [2.24, 2.45) is 5.73 Å². The summed E-state index contributed by atoms with van der Waals surface area (Å²) in [6.07, 6.45) is 2.27. The van der Waals surface area contributed by atoms with Crippen LogP contribution in [0.1, 0.15) is 26.7 Å². The molecule has 1 aromatic rings. The van der Waals surface area contributed by atoms with Crippen LogP contribution in [-0.2, 0) is 0 Å². The molecular weight excluding hydrogens is 262 g/mol. The molecule has 4 heteroatoms. The smallest absolute Gasteiger partial charge is 0.120 e. The van der Waals surface area contributed by atoms with Gasteiger partial charge in [0.05, 0.1) is 7.11 Å². The van der Waals surface area contributed by atoms with Gasteiger partial charge in [-0.05, 0) is 45.4 Å². The molecule has 0 spiro atoms. The van der Waals surface area contributed by atoms with E-state index in [1.54, 1.807) is 7.11 Å². The summed E-state index contributed by atoms with van der Waals surface area (Å²) in [5, 5.41) is 0. The molecule has 0 aliphatic carbocycles. The molecule has 0 aromatic heterocycles. The van der Waals surface area contributed by atoms with Gasteiger partial charge in [-0.2, -0.15) is 0 Å². The van der Waals surface area contributed by atoms with Gasteiger partial charge in [0.25, 0.3) is 0 Å².